The highest BCUT2D eigenvalue weighted by atomic mass is 35.5. The first-order valence-corrected chi connectivity index (χ1v) is 5.44. The highest BCUT2D eigenvalue weighted by molar-refractivity contribution is 6.31. The van der Waals surface area contributed by atoms with Crippen molar-refractivity contribution in [2.75, 3.05) is 7.11 Å². The van der Waals surface area contributed by atoms with Crippen molar-refractivity contribution in [1.82, 2.24) is 0 Å². The lowest BCUT2D eigenvalue weighted by Gasteiger charge is -2.06. The lowest BCUT2D eigenvalue weighted by molar-refractivity contribution is 0.100. The fourth-order valence-corrected chi connectivity index (χ4v) is 1.70. The van der Waals surface area contributed by atoms with Gasteiger partial charge in [0, 0.05) is 5.02 Å². The van der Waals surface area contributed by atoms with Crippen LogP contribution in [0.2, 0.25) is 5.02 Å². The number of hydrogen-bond donors (Lipinski definition) is 0. The number of hydrogen-bond acceptors (Lipinski definition) is 3. The third-order valence-electron chi connectivity index (χ3n) is 2.37. The highest BCUT2D eigenvalue weighted by Gasteiger charge is 2.17. The molecule has 0 bridgehead atoms. The SMILES string of the molecule is COc1cc(Cl)ccc1C(=O)c1ccc(C)o1. The second-order valence-corrected chi connectivity index (χ2v) is 4.02. The number of carbonyl (C=O) groups is 1. The van der Waals surface area contributed by atoms with Gasteiger partial charge in [0.2, 0.25) is 5.78 Å². The molecule has 0 saturated heterocycles. The van der Waals surface area contributed by atoms with Gasteiger partial charge in [0.05, 0.1) is 12.7 Å². The molecule has 0 spiro atoms. The largest absolute Gasteiger partial charge is 0.496 e. The van der Waals surface area contributed by atoms with Crippen LogP contribution in [0, 0.1) is 6.92 Å². The third-order valence-corrected chi connectivity index (χ3v) is 2.61. The van der Waals surface area contributed by atoms with Gasteiger partial charge in [0.1, 0.15) is 11.5 Å². The molecule has 2 rings (SSSR count). The minimum absolute atomic E-state index is 0.216. The van der Waals surface area contributed by atoms with Crippen LogP contribution in [0.15, 0.2) is 34.7 Å². The van der Waals surface area contributed by atoms with E-state index in [1.165, 1.54) is 7.11 Å². The van der Waals surface area contributed by atoms with E-state index in [1.807, 2.05) is 0 Å². The summed E-state index contributed by atoms with van der Waals surface area (Å²) in [4.78, 5) is 12.1. The maximum absolute atomic E-state index is 12.1. The molecule has 0 radical (unpaired) electrons. The van der Waals surface area contributed by atoms with Gasteiger partial charge >= 0.3 is 0 Å². The summed E-state index contributed by atoms with van der Waals surface area (Å²) in [5, 5.41) is 0.522. The summed E-state index contributed by atoms with van der Waals surface area (Å²) in [6.45, 7) is 1.79. The van der Waals surface area contributed by atoms with E-state index in [0.717, 1.165) is 0 Å². The zero-order chi connectivity index (χ0) is 12.4. The molecule has 4 heteroatoms. The van der Waals surface area contributed by atoms with Crippen molar-refractivity contribution in [3.8, 4) is 5.75 Å². The molecule has 0 aliphatic heterocycles. The van der Waals surface area contributed by atoms with Gasteiger partial charge in [0.15, 0.2) is 5.76 Å². The fourth-order valence-electron chi connectivity index (χ4n) is 1.54. The third kappa shape index (κ3) is 2.34. The van der Waals surface area contributed by atoms with Gasteiger partial charge in [0.25, 0.3) is 0 Å². The molecular formula is C13H11ClO3. The quantitative estimate of drug-likeness (QED) is 0.783. The Balaban J connectivity index is 2.43. The predicted molar refractivity (Wildman–Crippen MR) is 64.9 cm³/mol. The Hall–Kier alpha value is -1.74. The Bertz CT molecular complexity index is 558. The van der Waals surface area contributed by atoms with Gasteiger partial charge in [-0.1, -0.05) is 11.6 Å². The maximum Gasteiger partial charge on any atom is 0.231 e. The van der Waals surface area contributed by atoms with E-state index < -0.39 is 0 Å². The minimum atomic E-state index is -0.216. The van der Waals surface area contributed by atoms with Crippen molar-refractivity contribution in [3.63, 3.8) is 0 Å². The number of carbonyl (C=O) groups excluding carboxylic acids is 1. The summed E-state index contributed by atoms with van der Waals surface area (Å²) in [7, 11) is 1.50. The number of benzene rings is 1. The molecule has 0 saturated carbocycles. The Morgan fingerprint density at radius 2 is 2.06 bits per heavy atom. The number of ether oxygens (including phenoxy) is 1. The van der Waals surface area contributed by atoms with Crippen molar-refractivity contribution in [3.05, 3.63) is 52.4 Å². The van der Waals surface area contributed by atoms with Crippen LogP contribution in [-0.2, 0) is 0 Å². The summed E-state index contributed by atoms with van der Waals surface area (Å²) >= 11 is 5.84. The van der Waals surface area contributed by atoms with Gasteiger partial charge in [-0.05, 0) is 37.3 Å². The Kier molecular flexibility index (Phi) is 3.20. The van der Waals surface area contributed by atoms with Crippen molar-refractivity contribution in [2.24, 2.45) is 0 Å². The number of halogens is 1. The van der Waals surface area contributed by atoms with Crippen LogP contribution in [0.5, 0.6) is 5.75 Å². The molecular weight excluding hydrogens is 240 g/mol. The lowest BCUT2D eigenvalue weighted by atomic mass is 10.1. The number of rotatable bonds is 3. The monoisotopic (exact) mass is 250 g/mol. The zero-order valence-electron chi connectivity index (χ0n) is 9.49. The van der Waals surface area contributed by atoms with Gasteiger partial charge < -0.3 is 9.15 Å². The van der Waals surface area contributed by atoms with E-state index in [4.69, 9.17) is 20.8 Å². The molecule has 0 atom stereocenters. The number of methoxy groups -OCH3 is 1. The van der Waals surface area contributed by atoms with Crippen LogP contribution in [0.25, 0.3) is 0 Å². The van der Waals surface area contributed by atoms with Crippen LogP contribution >= 0.6 is 11.6 Å². The number of ketones is 1. The second-order valence-electron chi connectivity index (χ2n) is 3.58. The lowest BCUT2D eigenvalue weighted by Crippen LogP contribution is -2.02. The highest BCUT2D eigenvalue weighted by Crippen LogP contribution is 2.25. The van der Waals surface area contributed by atoms with E-state index in [9.17, 15) is 4.79 Å². The molecule has 2 aromatic rings. The van der Waals surface area contributed by atoms with Gasteiger partial charge in [-0.25, -0.2) is 0 Å². The molecule has 0 amide bonds. The molecule has 0 unspecified atom stereocenters. The molecule has 0 aliphatic rings. The normalized spacial score (nSPS) is 10.3. The number of furan rings is 1. The smallest absolute Gasteiger partial charge is 0.231 e. The predicted octanol–water partition coefficient (Wildman–Crippen LogP) is 3.48. The average molecular weight is 251 g/mol. The first kappa shape index (κ1) is 11.7. The van der Waals surface area contributed by atoms with Gasteiger partial charge in [-0.15, -0.1) is 0 Å². The van der Waals surface area contributed by atoms with Gasteiger partial charge in [-0.2, -0.15) is 0 Å². The number of aryl methyl sites for hydroxylation is 1. The second kappa shape index (κ2) is 4.63. The molecule has 0 fully saturated rings. The molecule has 3 nitrogen and oxygen atoms in total. The minimum Gasteiger partial charge on any atom is -0.496 e. The summed E-state index contributed by atoms with van der Waals surface area (Å²) in [5.74, 6) is 1.22. The molecule has 17 heavy (non-hydrogen) atoms. The van der Waals surface area contributed by atoms with Crippen LogP contribution < -0.4 is 4.74 Å². The Morgan fingerprint density at radius 1 is 1.29 bits per heavy atom. The molecule has 1 heterocycles. The first-order chi connectivity index (χ1) is 8.11. The standard InChI is InChI=1S/C13H11ClO3/c1-8-3-6-11(17-8)13(15)10-5-4-9(14)7-12(10)16-2/h3-7H,1-2H3. The average Bonchev–Trinajstić information content (AvgIpc) is 2.75. The van der Waals surface area contributed by atoms with Gasteiger partial charge in [-0.3, -0.25) is 4.79 Å². The maximum atomic E-state index is 12.1. The Labute approximate surface area is 104 Å². The van der Waals surface area contributed by atoms with Crippen LogP contribution in [0.3, 0.4) is 0 Å². The summed E-state index contributed by atoms with van der Waals surface area (Å²) in [5.41, 5.74) is 0.436. The fraction of sp³-hybridized carbons (Fsp3) is 0.154. The molecule has 1 aromatic heterocycles. The summed E-state index contributed by atoms with van der Waals surface area (Å²) < 4.78 is 10.4. The first-order valence-electron chi connectivity index (χ1n) is 5.06. The molecule has 1 aromatic carbocycles. The topological polar surface area (TPSA) is 39.4 Å². The van der Waals surface area contributed by atoms with E-state index >= 15 is 0 Å². The van der Waals surface area contributed by atoms with Crippen LogP contribution in [0.1, 0.15) is 21.9 Å². The van der Waals surface area contributed by atoms with E-state index in [1.54, 1.807) is 37.3 Å². The molecule has 0 aliphatic carbocycles. The molecule has 88 valence electrons. The van der Waals surface area contributed by atoms with Crippen LogP contribution in [-0.4, -0.2) is 12.9 Å². The van der Waals surface area contributed by atoms with Crippen molar-refractivity contribution < 1.29 is 13.9 Å². The molecule has 0 N–H and O–H groups in total. The van der Waals surface area contributed by atoms with E-state index in [0.29, 0.717) is 27.9 Å². The van der Waals surface area contributed by atoms with E-state index in [-0.39, 0.29) is 5.78 Å². The summed E-state index contributed by atoms with van der Waals surface area (Å²) in [6.07, 6.45) is 0. The Morgan fingerprint density at radius 3 is 2.65 bits per heavy atom. The van der Waals surface area contributed by atoms with Crippen molar-refractivity contribution in [2.45, 2.75) is 6.92 Å². The van der Waals surface area contributed by atoms with E-state index in [2.05, 4.69) is 0 Å². The zero-order valence-corrected chi connectivity index (χ0v) is 10.2. The van der Waals surface area contributed by atoms with Crippen molar-refractivity contribution >= 4 is 17.4 Å². The summed E-state index contributed by atoms with van der Waals surface area (Å²) in [6, 6.07) is 8.26. The van der Waals surface area contributed by atoms with Crippen LogP contribution in [0.4, 0.5) is 0 Å². The van der Waals surface area contributed by atoms with Crippen molar-refractivity contribution in [1.29, 1.82) is 0 Å².